The Morgan fingerprint density at radius 2 is 1.65 bits per heavy atom. The number of anilines is 2. The molecule has 0 saturated heterocycles. The van der Waals surface area contributed by atoms with Crippen LogP contribution >= 0.6 is 11.6 Å². The number of hydrogen-bond acceptors (Lipinski definition) is 2. The van der Waals surface area contributed by atoms with Gasteiger partial charge in [-0.2, -0.15) is 0 Å². The number of benzene rings is 2. The van der Waals surface area contributed by atoms with Gasteiger partial charge >= 0.3 is 0 Å². The van der Waals surface area contributed by atoms with Gasteiger partial charge in [0.05, 0.1) is 17.6 Å². The molecule has 20 heavy (non-hydrogen) atoms. The summed E-state index contributed by atoms with van der Waals surface area (Å²) >= 11 is 5.96. The first-order valence-electron chi connectivity index (χ1n) is 6.35. The van der Waals surface area contributed by atoms with E-state index in [0.29, 0.717) is 5.02 Å². The van der Waals surface area contributed by atoms with Crippen LogP contribution in [0.1, 0.15) is 0 Å². The summed E-state index contributed by atoms with van der Waals surface area (Å²) in [7, 11) is 0. The first-order valence-corrected chi connectivity index (χ1v) is 6.73. The Balaban J connectivity index is 1.80. The minimum Gasteiger partial charge on any atom is -0.354 e. The Morgan fingerprint density at radius 3 is 2.35 bits per heavy atom. The minimum absolute atomic E-state index is 0.712. The molecular weight excluding hydrogens is 268 g/mol. The molecule has 0 fully saturated rings. The van der Waals surface area contributed by atoms with Crippen LogP contribution in [0.3, 0.4) is 0 Å². The molecule has 1 heterocycles. The molecule has 0 saturated carbocycles. The van der Waals surface area contributed by atoms with E-state index in [-0.39, 0.29) is 0 Å². The second-order valence-electron chi connectivity index (χ2n) is 4.43. The highest BCUT2D eigenvalue weighted by Crippen LogP contribution is 2.22. The van der Waals surface area contributed by atoms with Gasteiger partial charge in [-0.3, -0.25) is 4.98 Å². The number of hydrogen-bond donors (Lipinski definition) is 1. The lowest BCUT2D eigenvalue weighted by molar-refractivity contribution is 1.32. The van der Waals surface area contributed by atoms with Crippen molar-refractivity contribution in [2.45, 2.75) is 0 Å². The van der Waals surface area contributed by atoms with E-state index in [9.17, 15) is 0 Å². The van der Waals surface area contributed by atoms with Gasteiger partial charge < -0.3 is 5.32 Å². The van der Waals surface area contributed by atoms with Crippen LogP contribution in [0, 0.1) is 0 Å². The first kappa shape index (κ1) is 12.7. The molecule has 0 spiro atoms. The molecule has 0 unspecified atom stereocenters. The van der Waals surface area contributed by atoms with Crippen LogP contribution in [-0.2, 0) is 0 Å². The van der Waals surface area contributed by atoms with Gasteiger partial charge in [-0.25, -0.2) is 0 Å². The second kappa shape index (κ2) is 5.76. The number of nitrogens with zero attached hydrogens (tertiary/aromatic N) is 1. The maximum Gasteiger partial charge on any atom is 0.0703 e. The summed E-state index contributed by atoms with van der Waals surface area (Å²) in [5, 5.41) is 3.99. The average Bonchev–Trinajstić information content (AvgIpc) is 2.49. The van der Waals surface area contributed by atoms with E-state index in [4.69, 9.17) is 11.6 Å². The van der Waals surface area contributed by atoms with E-state index in [1.54, 1.807) is 0 Å². The molecule has 0 radical (unpaired) electrons. The van der Waals surface area contributed by atoms with Crippen LogP contribution in [0.15, 0.2) is 72.9 Å². The van der Waals surface area contributed by atoms with Crippen molar-refractivity contribution in [2.24, 2.45) is 0 Å². The van der Waals surface area contributed by atoms with Crippen LogP contribution in [0.4, 0.5) is 11.4 Å². The highest BCUT2D eigenvalue weighted by molar-refractivity contribution is 6.30. The van der Waals surface area contributed by atoms with Gasteiger partial charge in [-0.1, -0.05) is 48.0 Å². The smallest absolute Gasteiger partial charge is 0.0703 e. The van der Waals surface area contributed by atoms with Crippen LogP contribution in [-0.4, -0.2) is 4.98 Å². The summed E-state index contributed by atoms with van der Waals surface area (Å²) in [5.74, 6) is 0. The first-order chi connectivity index (χ1) is 9.81. The largest absolute Gasteiger partial charge is 0.354 e. The molecule has 98 valence electrons. The van der Waals surface area contributed by atoms with Crippen molar-refractivity contribution in [3.63, 3.8) is 0 Å². The number of pyridine rings is 1. The third-order valence-corrected chi connectivity index (χ3v) is 3.18. The van der Waals surface area contributed by atoms with Gasteiger partial charge in [0.25, 0.3) is 0 Å². The van der Waals surface area contributed by atoms with Crippen LogP contribution in [0.25, 0.3) is 11.3 Å². The molecule has 0 atom stereocenters. The van der Waals surface area contributed by atoms with Crippen molar-refractivity contribution in [1.29, 1.82) is 0 Å². The van der Waals surface area contributed by atoms with Gasteiger partial charge in [-0.05, 0) is 30.3 Å². The van der Waals surface area contributed by atoms with Crippen molar-refractivity contribution in [2.75, 3.05) is 5.32 Å². The van der Waals surface area contributed by atoms with Gasteiger partial charge in [0, 0.05) is 16.3 Å². The summed E-state index contributed by atoms with van der Waals surface area (Å²) in [6, 6.07) is 21.7. The number of nitrogens with one attached hydrogen (secondary N) is 1. The van der Waals surface area contributed by atoms with Crippen molar-refractivity contribution in [1.82, 2.24) is 4.98 Å². The molecule has 3 aromatic rings. The molecular formula is C17H13ClN2. The molecule has 0 aliphatic rings. The summed E-state index contributed by atoms with van der Waals surface area (Å²) < 4.78 is 0. The van der Waals surface area contributed by atoms with E-state index in [2.05, 4.69) is 10.3 Å². The van der Waals surface area contributed by atoms with E-state index >= 15 is 0 Å². The predicted octanol–water partition coefficient (Wildman–Crippen LogP) is 5.15. The lowest BCUT2D eigenvalue weighted by Gasteiger charge is -2.07. The predicted molar refractivity (Wildman–Crippen MR) is 84.4 cm³/mol. The molecule has 0 amide bonds. The van der Waals surface area contributed by atoms with Crippen LogP contribution in [0.5, 0.6) is 0 Å². The normalized spacial score (nSPS) is 10.2. The monoisotopic (exact) mass is 280 g/mol. The molecule has 3 heteroatoms. The summed E-state index contributed by atoms with van der Waals surface area (Å²) in [5.41, 5.74) is 3.96. The zero-order chi connectivity index (χ0) is 13.8. The molecule has 0 aliphatic heterocycles. The Morgan fingerprint density at radius 1 is 0.800 bits per heavy atom. The fourth-order valence-electron chi connectivity index (χ4n) is 1.98. The van der Waals surface area contributed by atoms with Crippen molar-refractivity contribution >= 4 is 23.0 Å². The van der Waals surface area contributed by atoms with Crippen molar-refractivity contribution in [3.8, 4) is 11.3 Å². The Hall–Kier alpha value is -2.32. The molecule has 0 aliphatic carbocycles. The highest BCUT2D eigenvalue weighted by atomic mass is 35.5. The maximum absolute atomic E-state index is 5.96. The molecule has 1 aromatic heterocycles. The van der Waals surface area contributed by atoms with Crippen molar-refractivity contribution < 1.29 is 0 Å². The Bertz CT molecular complexity index is 694. The zero-order valence-corrected chi connectivity index (χ0v) is 11.5. The van der Waals surface area contributed by atoms with Gasteiger partial charge in [0.2, 0.25) is 0 Å². The SMILES string of the molecule is Clc1cccc(Nc2ccc(-c3ccccc3)nc2)c1. The second-order valence-corrected chi connectivity index (χ2v) is 4.87. The van der Waals surface area contributed by atoms with Gasteiger partial charge in [0.1, 0.15) is 0 Å². The van der Waals surface area contributed by atoms with Crippen molar-refractivity contribution in [3.05, 3.63) is 77.9 Å². The van der Waals surface area contributed by atoms with Crippen LogP contribution in [0.2, 0.25) is 5.02 Å². The fraction of sp³-hybridized carbons (Fsp3) is 0. The lowest BCUT2D eigenvalue weighted by Crippen LogP contribution is -1.91. The molecule has 0 bridgehead atoms. The highest BCUT2D eigenvalue weighted by Gasteiger charge is 2.00. The molecule has 2 aromatic carbocycles. The van der Waals surface area contributed by atoms with E-state index in [0.717, 1.165) is 22.6 Å². The molecule has 2 nitrogen and oxygen atoms in total. The standard InChI is InChI=1S/C17H13ClN2/c18-14-7-4-8-15(11-14)20-16-9-10-17(19-12-16)13-5-2-1-3-6-13/h1-12,20H. The Kier molecular flexibility index (Phi) is 3.66. The third kappa shape index (κ3) is 2.98. The summed E-state index contributed by atoms with van der Waals surface area (Å²) in [6.45, 7) is 0. The molecule has 1 N–H and O–H groups in total. The fourth-order valence-corrected chi connectivity index (χ4v) is 2.17. The van der Waals surface area contributed by atoms with Crippen LogP contribution < -0.4 is 5.32 Å². The quantitative estimate of drug-likeness (QED) is 0.718. The number of aromatic nitrogens is 1. The van der Waals surface area contributed by atoms with Gasteiger partial charge in [-0.15, -0.1) is 0 Å². The van der Waals surface area contributed by atoms with Gasteiger partial charge in [0.15, 0.2) is 0 Å². The maximum atomic E-state index is 5.96. The molecule has 3 rings (SSSR count). The summed E-state index contributed by atoms with van der Waals surface area (Å²) in [4.78, 5) is 4.47. The third-order valence-electron chi connectivity index (χ3n) is 2.95. The number of halogens is 1. The van der Waals surface area contributed by atoms with E-state index in [1.807, 2.05) is 72.9 Å². The lowest BCUT2D eigenvalue weighted by atomic mass is 10.1. The topological polar surface area (TPSA) is 24.9 Å². The summed E-state index contributed by atoms with van der Waals surface area (Å²) in [6.07, 6.45) is 1.82. The average molecular weight is 281 g/mol. The minimum atomic E-state index is 0.712. The Labute approximate surface area is 123 Å². The van der Waals surface area contributed by atoms with E-state index < -0.39 is 0 Å². The number of rotatable bonds is 3. The zero-order valence-electron chi connectivity index (χ0n) is 10.8. The van der Waals surface area contributed by atoms with E-state index in [1.165, 1.54) is 0 Å².